The van der Waals surface area contributed by atoms with Crippen molar-refractivity contribution in [3.63, 3.8) is 0 Å². The number of methoxy groups -OCH3 is 1. The van der Waals surface area contributed by atoms with Gasteiger partial charge in [-0.05, 0) is 98.2 Å². The van der Waals surface area contributed by atoms with Crippen LogP contribution in [0.5, 0.6) is 5.75 Å². The fraction of sp³-hybridized carbons (Fsp3) is 0.514. The average molecular weight is 680 g/mol. The number of hydrogen-bond donors (Lipinski definition) is 1. The number of nitrogens with one attached hydrogen (secondary N) is 1. The second kappa shape index (κ2) is 14.8. The van der Waals surface area contributed by atoms with Crippen LogP contribution in [0.3, 0.4) is 0 Å². The summed E-state index contributed by atoms with van der Waals surface area (Å²) >= 11 is 6.42. The zero-order chi connectivity index (χ0) is 33.8. The minimum Gasteiger partial charge on any atom is -0.490 e. The molecule has 1 saturated carbocycles. The van der Waals surface area contributed by atoms with E-state index in [4.69, 9.17) is 21.1 Å². The van der Waals surface area contributed by atoms with Gasteiger partial charge < -0.3 is 14.4 Å². The molecule has 0 bridgehead atoms. The quantitative estimate of drug-likeness (QED) is 0.221. The second-order valence-electron chi connectivity index (χ2n) is 13.3. The molecule has 8 nitrogen and oxygen atoms in total. The van der Waals surface area contributed by atoms with Gasteiger partial charge in [0.25, 0.3) is 5.91 Å². The first kappa shape index (κ1) is 35.0. The van der Waals surface area contributed by atoms with Crippen molar-refractivity contribution in [1.29, 1.82) is 0 Å². The van der Waals surface area contributed by atoms with Gasteiger partial charge in [0.15, 0.2) is 0 Å². The van der Waals surface area contributed by atoms with Crippen LogP contribution in [-0.4, -0.2) is 54.7 Å². The number of benzene rings is 2. The number of ether oxygens (including phenoxy) is 2. The summed E-state index contributed by atoms with van der Waals surface area (Å²) < 4.78 is 32.8. The van der Waals surface area contributed by atoms with Gasteiger partial charge in [-0.1, -0.05) is 30.7 Å². The lowest BCUT2D eigenvalue weighted by Crippen LogP contribution is -2.49. The normalized spacial score (nSPS) is 24.0. The summed E-state index contributed by atoms with van der Waals surface area (Å²) in [4.78, 5) is 28.1. The fourth-order valence-electron chi connectivity index (χ4n) is 7.46. The van der Waals surface area contributed by atoms with E-state index < -0.39 is 21.7 Å². The predicted molar refractivity (Wildman–Crippen MR) is 188 cm³/mol. The van der Waals surface area contributed by atoms with Gasteiger partial charge in [-0.2, -0.15) is 0 Å². The molecule has 252 valence electrons. The Labute approximate surface area is 284 Å². The molecule has 3 aliphatic rings. The van der Waals surface area contributed by atoms with Gasteiger partial charge in [0, 0.05) is 49.5 Å². The monoisotopic (exact) mass is 679 g/mol. The average Bonchev–Trinajstić information content (AvgIpc) is 3.16. The minimum absolute atomic E-state index is 0.0200. The van der Waals surface area contributed by atoms with Crippen LogP contribution in [0.25, 0.3) is 0 Å². The van der Waals surface area contributed by atoms with Crippen LogP contribution in [-0.2, 0) is 31.3 Å². The van der Waals surface area contributed by atoms with E-state index >= 15 is 0 Å². The fourth-order valence-corrected chi connectivity index (χ4v) is 9.57. The van der Waals surface area contributed by atoms with E-state index in [0.29, 0.717) is 37.2 Å². The first-order chi connectivity index (χ1) is 22.5. The number of hydrogen-bond acceptors (Lipinski definition) is 6. The van der Waals surface area contributed by atoms with Crippen molar-refractivity contribution in [3.05, 3.63) is 70.8 Å². The molecule has 5 rings (SSSR count). The highest BCUT2D eigenvalue weighted by Crippen LogP contribution is 2.47. The van der Waals surface area contributed by atoms with Crippen molar-refractivity contribution in [3.8, 4) is 17.6 Å². The molecule has 1 unspecified atom stereocenters. The molecule has 6 atom stereocenters. The van der Waals surface area contributed by atoms with E-state index in [2.05, 4.69) is 44.5 Å². The Balaban J connectivity index is 1.53. The molecule has 2 aliphatic carbocycles. The maximum absolute atomic E-state index is 13.8. The largest absolute Gasteiger partial charge is 0.490 e. The lowest BCUT2D eigenvalue weighted by molar-refractivity contribution is -0.117. The van der Waals surface area contributed by atoms with E-state index in [1.165, 1.54) is 18.1 Å². The molecule has 1 spiro atoms. The highest BCUT2D eigenvalue weighted by Gasteiger charge is 2.44. The molecule has 2 aromatic carbocycles. The summed E-state index contributed by atoms with van der Waals surface area (Å²) in [6.45, 7) is 10.9. The van der Waals surface area contributed by atoms with Crippen LogP contribution in [0.4, 0.5) is 5.69 Å². The number of anilines is 1. The minimum atomic E-state index is -3.37. The van der Waals surface area contributed by atoms with E-state index in [1.54, 1.807) is 26.2 Å². The Morgan fingerprint density at radius 1 is 1.30 bits per heavy atom. The number of carbonyl (C=O) groups is 2. The summed E-state index contributed by atoms with van der Waals surface area (Å²) in [5, 5.41) is 0.734. The topological polar surface area (TPSA) is 97.3 Å². The molecule has 0 radical (unpaired) electrons. The summed E-state index contributed by atoms with van der Waals surface area (Å²) in [5.74, 6) is 5.94. The molecule has 2 aromatic rings. The zero-order valence-corrected chi connectivity index (χ0v) is 29.4. The molecule has 1 N–H and O–H groups in total. The van der Waals surface area contributed by atoms with Gasteiger partial charge in [0.05, 0.1) is 24.2 Å². The molecule has 2 amide bonds. The van der Waals surface area contributed by atoms with Crippen LogP contribution in [0.15, 0.2) is 53.4 Å². The van der Waals surface area contributed by atoms with Crippen LogP contribution in [0, 0.1) is 29.6 Å². The Hall–Kier alpha value is -3.32. The van der Waals surface area contributed by atoms with Crippen molar-refractivity contribution in [2.24, 2.45) is 22.1 Å². The third-order valence-electron chi connectivity index (χ3n) is 9.81. The predicted octanol–water partition coefficient (Wildman–Crippen LogP) is 6.75. The zero-order valence-electron chi connectivity index (χ0n) is 27.9. The molecular formula is C37H46ClN3O5S. The van der Waals surface area contributed by atoms with Crippen LogP contribution in [0.2, 0.25) is 5.02 Å². The molecule has 0 aromatic heterocycles. The van der Waals surface area contributed by atoms with Gasteiger partial charge in [0.2, 0.25) is 5.91 Å². The molecule has 47 heavy (non-hydrogen) atoms. The summed E-state index contributed by atoms with van der Waals surface area (Å²) in [6.07, 6.45) is 7.44. The van der Waals surface area contributed by atoms with E-state index in [0.717, 1.165) is 49.4 Å². The van der Waals surface area contributed by atoms with E-state index in [-0.39, 0.29) is 28.8 Å². The molecular weight excluding hydrogens is 634 g/mol. The summed E-state index contributed by atoms with van der Waals surface area (Å²) in [5.41, 5.74) is 3.35. The first-order valence-electron chi connectivity index (χ1n) is 16.4. The lowest BCUT2D eigenvalue weighted by atomic mass is 9.68. The number of halogens is 1. The number of amides is 2. The van der Waals surface area contributed by atoms with Gasteiger partial charge in [0.1, 0.15) is 15.7 Å². The highest BCUT2D eigenvalue weighted by atomic mass is 35.5. The molecule has 1 aliphatic heterocycles. The lowest BCUT2D eigenvalue weighted by Gasteiger charge is -2.46. The van der Waals surface area contributed by atoms with Crippen molar-refractivity contribution in [2.45, 2.75) is 70.8 Å². The Bertz CT molecular complexity index is 1710. The van der Waals surface area contributed by atoms with E-state index in [9.17, 15) is 13.8 Å². The van der Waals surface area contributed by atoms with Crippen LogP contribution < -0.4 is 14.4 Å². The maximum Gasteiger partial charge on any atom is 0.286 e. The number of nitrogens with zero attached hydrogens (tertiary/aromatic N) is 2. The summed E-state index contributed by atoms with van der Waals surface area (Å²) in [7, 11) is -1.64. The molecule has 1 fully saturated rings. The highest BCUT2D eigenvalue weighted by molar-refractivity contribution is 7.92. The van der Waals surface area contributed by atoms with Gasteiger partial charge in [-0.25, -0.2) is 4.21 Å². The Morgan fingerprint density at radius 2 is 2.11 bits per heavy atom. The SMILES string of the molecule is C=C[C@H](OC)[C@@H]1CC[C@H]1CN1C[C@@]2(CCCc3cc(Cl)ccc32)COc2ccc(C(=O)N=S(=O)(C[C@@H](C)CC#CC)NC(C)=O)cc21. The molecule has 0 saturated heterocycles. The van der Waals surface area contributed by atoms with Gasteiger partial charge >= 0.3 is 0 Å². The third-order valence-corrected chi connectivity index (χ3v) is 12.1. The number of fused-ring (bicyclic) bond motifs is 3. The number of carbonyl (C=O) groups excluding carboxylic acids is 2. The number of rotatable bonds is 10. The maximum atomic E-state index is 13.8. The first-order valence-corrected chi connectivity index (χ1v) is 18.5. The van der Waals surface area contributed by atoms with Gasteiger partial charge in [-0.3, -0.25) is 14.3 Å². The number of aryl methyl sites for hydroxylation is 1. The molecule has 10 heteroatoms. The van der Waals surface area contributed by atoms with Crippen molar-refractivity contribution >= 4 is 39.0 Å². The van der Waals surface area contributed by atoms with E-state index in [1.807, 2.05) is 25.1 Å². The van der Waals surface area contributed by atoms with Gasteiger partial charge in [-0.15, -0.1) is 22.8 Å². The van der Waals surface area contributed by atoms with Crippen molar-refractivity contribution in [1.82, 2.24) is 4.72 Å². The third kappa shape index (κ3) is 7.88. The van der Waals surface area contributed by atoms with Crippen molar-refractivity contribution < 1.29 is 23.3 Å². The smallest absolute Gasteiger partial charge is 0.286 e. The van der Waals surface area contributed by atoms with Crippen LogP contribution >= 0.6 is 11.6 Å². The van der Waals surface area contributed by atoms with Crippen molar-refractivity contribution in [2.75, 3.05) is 37.5 Å². The Kier molecular flexibility index (Phi) is 11.1. The second-order valence-corrected chi connectivity index (χ2v) is 15.8. The molecule has 1 heterocycles. The summed E-state index contributed by atoms with van der Waals surface area (Å²) in [6, 6.07) is 11.5. The Morgan fingerprint density at radius 3 is 2.79 bits per heavy atom. The van der Waals surface area contributed by atoms with Crippen LogP contribution in [0.1, 0.15) is 74.4 Å². The standard InChI is InChI=1S/C37H46ClN3O5S/c1-6-8-10-25(3)22-47(44,39-26(4)42)40-36(43)28-13-17-35-33(20-28)41(21-29-12-15-31(29)34(7-2)45-5)23-37(24-46-35)18-9-11-27-19-30(38)14-16-32(27)37/h7,13-14,16-17,19-20,25,29,31,34H,2,9-12,15,18,21-24H2,1,3-5H3,(H,39,40,42,43,44)/t25-,29-,31+,34-,37-,47?/m0/s1.